The minimum atomic E-state index is -0.292. The summed E-state index contributed by atoms with van der Waals surface area (Å²) < 4.78 is 16.3. The van der Waals surface area contributed by atoms with Crippen LogP contribution >= 0.6 is 0 Å². The number of halogens is 1. The highest BCUT2D eigenvalue weighted by Crippen LogP contribution is 2.35. The number of nitrogens with zero attached hydrogens (tertiary/aromatic N) is 1. The fraction of sp³-hybridized carbons (Fsp3) is 0.222. The third-order valence-corrected chi connectivity index (χ3v) is 5.85. The van der Waals surface area contributed by atoms with Crippen molar-refractivity contribution in [2.75, 3.05) is 0 Å². The molecule has 0 aliphatic heterocycles. The van der Waals surface area contributed by atoms with E-state index in [0.29, 0.717) is 0 Å². The van der Waals surface area contributed by atoms with E-state index in [9.17, 15) is 9.18 Å². The van der Waals surface area contributed by atoms with Crippen LogP contribution in [0.3, 0.4) is 0 Å². The lowest BCUT2D eigenvalue weighted by molar-refractivity contribution is -0.121. The van der Waals surface area contributed by atoms with Crippen LogP contribution in [0.5, 0.6) is 0 Å². The van der Waals surface area contributed by atoms with Crippen LogP contribution in [-0.2, 0) is 11.3 Å². The molecule has 31 heavy (non-hydrogen) atoms. The second-order valence-corrected chi connectivity index (χ2v) is 7.90. The van der Waals surface area contributed by atoms with Crippen molar-refractivity contribution in [3.8, 4) is 0 Å². The summed E-state index contributed by atoms with van der Waals surface area (Å²) in [6, 6.07) is 24.6. The maximum Gasteiger partial charge on any atom is 0.221 e. The van der Waals surface area contributed by atoms with E-state index < -0.39 is 0 Å². The third-order valence-electron chi connectivity index (χ3n) is 5.85. The summed E-state index contributed by atoms with van der Waals surface area (Å²) in [6.07, 6.45) is 2.35. The molecule has 4 aromatic rings. The van der Waals surface area contributed by atoms with Gasteiger partial charge >= 0.3 is 0 Å². The Morgan fingerprint density at radius 1 is 0.968 bits per heavy atom. The topological polar surface area (TPSA) is 34.0 Å². The maximum atomic E-state index is 14.1. The largest absolute Gasteiger partial charge is 0.350 e. The van der Waals surface area contributed by atoms with E-state index in [0.717, 1.165) is 34.1 Å². The number of para-hydroxylation sites is 1. The van der Waals surface area contributed by atoms with Crippen molar-refractivity contribution in [3.05, 3.63) is 108 Å². The SMILES string of the molecule is CCn1cc([C@H](CC(=O)N[C@@H](C)c2ccccc2)c2cccc(F)c2)c2ccccc21. The molecule has 0 unspecified atom stereocenters. The highest BCUT2D eigenvalue weighted by Gasteiger charge is 2.23. The highest BCUT2D eigenvalue weighted by atomic mass is 19.1. The maximum absolute atomic E-state index is 14.1. The van der Waals surface area contributed by atoms with Crippen LogP contribution in [0, 0.1) is 5.82 Å². The van der Waals surface area contributed by atoms with Crippen LogP contribution < -0.4 is 5.32 Å². The Morgan fingerprint density at radius 3 is 2.42 bits per heavy atom. The number of fused-ring (bicyclic) bond motifs is 1. The molecule has 0 aliphatic rings. The number of aromatic nitrogens is 1. The predicted octanol–water partition coefficient (Wildman–Crippen LogP) is 6.20. The summed E-state index contributed by atoms with van der Waals surface area (Å²) in [5.41, 5.74) is 4.03. The van der Waals surface area contributed by atoms with Gasteiger partial charge in [0.05, 0.1) is 6.04 Å². The molecular formula is C27H27FN2O. The van der Waals surface area contributed by atoms with Crippen LogP contribution in [0.1, 0.15) is 48.9 Å². The number of carbonyl (C=O) groups excluding carboxylic acids is 1. The Labute approximate surface area is 182 Å². The molecule has 0 saturated carbocycles. The molecule has 3 nitrogen and oxygen atoms in total. The van der Waals surface area contributed by atoms with Crippen molar-refractivity contribution >= 4 is 16.8 Å². The molecule has 158 valence electrons. The second kappa shape index (κ2) is 9.17. The van der Waals surface area contributed by atoms with Crippen LogP contribution in [-0.4, -0.2) is 10.5 Å². The average Bonchev–Trinajstić information content (AvgIpc) is 3.16. The zero-order chi connectivity index (χ0) is 21.8. The van der Waals surface area contributed by atoms with Crippen molar-refractivity contribution in [1.29, 1.82) is 0 Å². The molecule has 4 heteroatoms. The number of nitrogens with one attached hydrogen (secondary N) is 1. The van der Waals surface area contributed by atoms with Gasteiger partial charge in [0, 0.05) is 36.0 Å². The summed E-state index contributed by atoms with van der Waals surface area (Å²) in [5.74, 6) is -0.588. The first-order valence-corrected chi connectivity index (χ1v) is 10.7. The van der Waals surface area contributed by atoms with Crippen molar-refractivity contribution < 1.29 is 9.18 Å². The lowest BCUT2D eigenvalue weighted by Gasteiger charge is -2.20. The summed E-state index contributed by atoms with van der Waals surface area (Å²) in [7, 11) is 0. The standard InChI is InChI=1S/C27H27FN2O/c1-3-30-18-25(23-14-7-8-15-26(23)30)24(21-12-9-13-22(28)16-21)17-27(31)29-19(2)20-10-5-4-6-11-20/h4-16,18-19,24H,3,17H2,1-2H3,(H,29,31)/t19-,24+/m0/s1. The van der Waals surface area contributed by atoms with Gasteiger partial charge in [-0.1, -0.05) is 60.7 Å². The van der Waals surface area contributed by atoms with Crippen molar-refractivity contribution in [1.82, 2.24) is 9.88 Å². The van der Waals surface area contributed by atoms with E-state index in [-0.39, 0.29) is 30.1 Å². The zero-order valence-corrected chi connectivity index (χ0v) is 17.9. The minimum Gasteiger partial charge on any atom is -0.350 e. The Kier molecular flexibility index (Phi) is 6.17. The lowest BCUT2D eigenvalue weighted by atomic mass is 9.87. The number of rotatable bonds is 7. The van der Waals surface area contributed by atoms with Crippen molar-refractivity contribution in [2.24, 2.45) is 0 Å². The molecule has 0 spiro atoms. The Morgan fingerprint density at radius 2 is 1.68 bits per heavy atom. The van der Waals surface area contributed by atoms with Crippen LogP contribution in [0.2, 0.25) is 0 Å². The van der Waals surface area contributed by atoms with Crippen LogP contribution in [0.25, 0.3) is 10.9 Å². The molecule has 0 radical (unpaired) electrons. The van der Waals surface area contributed by atoms with E-state index in [1.165, 1.54) is 12.1 Å². The molecule has 4 rings (SSSR count). The van der Waals surface area contributed by atoms with E-state index in [2.05, 4.69) is 35.1 Å². The molecule has 1 aromatic heterocycles. The number of aryl methyl sites for hydroxylation is 1. The second-order valence-electron chi connectivity index (χ2n) is 7.90. The molecule has 3 aromatic carbocycles. The monoisotopic (exact) mass is 414 g/mol. The first kappa shape index (κ1) is 20.9. The number of hydrogen-bond donors (Lipinski definition) is 1. The summed E-state index contributed by atoms with van der Waals surface area (Å²) >= 11 is 0. The van der Waals surface area contributed by atoms with Crippen LogP contribution in [0.15, 0.2) is 85.1 Å². The highest BCUT2D eigenvalue weighted by molar-refractivity contribution is 5.86. The van der Waals surface area contributed by atoms with Gasteiger partial charge in [-0.15, -0.1) is 0 Å². The van der Waals surface area contributed by atoms with E-state index >= 15 is 0 Å². The molecular weight excluding hydrogens is 387 g/mol. The van der Waals surface area contributed by atoms with Crippen molar-refractivity contribution in [3.63, 3.8) is 0 Å². The first-order valence-electron chi connectivity index (χ1n) is 10.7. The fourth-order valence-corrected chi connectivity index (χ4v) is 4.26. The lowest BCUT2D eigenvalue weighted by Crippen LogP contribution is -2.28. The van der Waals surface area contributed by atoms with Gasteiger partial charge in [-0.2, -0.15) is 0 Å². The molecule has 2 atom stereocenters. The molecule has 0 fully saturated rings. The Hall–Kier alpha value is -3.40. The molecule has 0 bridgehead atoms. The Balaban J connectivity index is 1.69. The van der Waals surface area contributed by atoms with Gasteiger partial charge < -0.3 is 9.88 Å². The molecule has 1 amide bonds. The number of benzene rings is 3. The fourth-order valence-electron chi connectivity index (χ4n) is 4.26. The Bertz CT molecular complexity index is 1180. The van der Waals surface area contributed by atoms with Gasteiger partial charge in [0.1, 0.15) is 5.82 Å². The van der Waals surface area contributed by atoms with Gasteiger partial charge in [-0.25, -0.2) is 4.39 Å². The number of carbonyl (C=O) groups is 1. The minimum absolute atomic E-state index is 0.0565. The first-order chi connectivity index (χ1) is 15.1. The van der Waals surface area contributed by atoms with Gasteiger partial charge in [0.25, 0.3) is 0 Å². The van der Waals surface area contributed by atoms with Gasteiger partial charge in [-0.3, -0.25) is 4.79 Å². The number of hydrogen-bond acceptors (Lipinski definition) is 1. The number of amides is 1. The smallest absolute Gasteiger partial charge is 0.221 e. The normalized spacial score (nSPS) is 13.1. The molecule has 1 N–H and O–H groups in total. The van der Waals surface area contributed by atoms with E-state index in [4.69, 9.17) is 0 Å². The van der Waals surface area contributed by atoms with Crippen LogP contribution in [0.4, 0.5) is 4.39 Å². The quantitative estimate of drug-likeness (QED) is 0.384. The van der Waals surface area contributed by atoms with E-state index in [1.54, 1.807) is 6.07 Å². The summed E-state index contributed by atoms with van der Waals surface area (Å²) in [4.78, 5) is 13.1. The van der Waals surface area contributed by atoms with E-state index in [1.807, 2.05) is 55.5 Å². The van der Waals surface area contributed by atoms with Gasteiger partial charge in [0.2, 0.25) is 5.91 Å². The summed E-state index contributed by atoms with van der Waals surface area (Å²) in [6.45, 7) is 4.91. The van der Waals surface area contributed by atoms with Gasteiger partial charge in [-0.05, 0) is 48.7 Å². The predicted molar refractivity (Wildman–Crippen MR) is 123 cm³/mol. The third kappa shape index (κ3) is 4.53. The average molecular weight is 415 g/mol. The summed E-state index contributed by atoms with van der Waals surface area (Å²) in [5, 5.41) is 4.21. The van der Waals surface area contributed by atoms with Crippen molar-refractivity contribution in [2.45, 2.75) is 38.8 Å². The molecule has 0 aliphatic carbocycles. The zero-order valence-electron chi connectivity index (χ0n) is 17.9. The molecule has 1 heterocycles. The van der Waals surface area contributed by atoms with Gasteiger partial charge in [0.15, 0.2) is 0 Å². The molecule has 0 saturated heterocycles.